The topological polar surface area (TPSA) is 24.5 Å². The molecule has 0 bridgehead atoms. The van der Waals surface area contributed by atoms with E-state index in [-0.39, 0.29) is 30.6 Å². The van der Waals surface area contributed by atoms with Crippen molar-refractivity contribution in [2.45, 2.75) is 18.6 Å². The van der Waals surface area contributed by atoms with Crippen LogP contribution in [-0.4, -0.2) is 50.3 Å². The van der Waals surface area contributed by atoms with Gasteiger partial charge < -0.3 is 10.1 Å². The van der Waals surface area contributed by atoms with Crippen molar-refractivity contribution in [3.05, 3.63) is 29.8 Å². The molecule has 0 aromatic heterocycles. The molecule has 2 rings (SSSR count). The van der Waals surface area contributed by atoms with Gasteiger partial charge in [0.15, 0.2) is 0 Å². The first kappa shape index (κ1) is 23.2. The van der Waals surface area contributed by atoms with Gasteiger partial charge in [-0.05, 0) is 17.7 Å². The Bertz CT molecular complexity index is 473. The van der Waals surface area contributed by atoms with Crippen molar-refractivity contribution in [1.29, 1.82) is 0 Å². The van der Waals surface area contributed by atoms with Crippen molar-refractivity contribution in [1.82, 2.24) is 10.2 Å². The van der Waals surface area contributed by atoms with E-state index in [0.717, 1.165) is 25.2 Å². The third-order valence-electron chi connectivity index (χ3n) is 3.51. The SMILES string of the molecule is Cl.Cl.FC[C@H](c1ccc(OC(F)(F)C(F)F)cc1)N1CCNCC1. The van der Waals surface area contributed by atoms with Gasteiger partial charge in [-0.2, -0.15) is 17.6 Å². The quantitative estimate of drug-likeness (QED) is 0.742. The van der Waals surface area contributed by atoms with Gasteiger partial charge in [-0.3, -0.25) is 4.90 Å². The van der Waals surface area contributed by atoms with Gasteiger partial charge in [-0.25, -0.2) is 4.39 Å². The molecule has 0 saturated carbocycles. The van der Waals surface area contributed by atoms with Crippen LogP contribution in [0.4, 0.5) is 22.0 Å². The van der Waals surface area contributed by atoms with E-state index >= 15 is 0 Å². The van der Waals surface area contributed by atoms with E-state index in [2.05, 4.69) is 10.1 Å². The number of nitrogens with zero attached hydrogens (tertiary/aromatic N) is 1. The number of piperazine rings is 1. The number of hydrogen-bond acceptors (Lipinski definition) is 3. The molecule has 1 aliphatic heterocycles. The first-order chi connectivity index (χ1) is 10.4. The molecule has 1 atom stereocenters. The van der Waals surface area contributed by atoms with Crippen molar-refractivity contribution in [2.75, 3.05) is 32.9 Å². The number of hydrogen-bond donors (Lipinski definition) is 1. The molecule has 1 saturated heterocycles. The molecule has 1 aromatic carbocycles. The van der Waals surface area contributed by atoms with Crippen LogP contribution < -0.4 is 10.1 Å². The fourth-order valence-electron chi connectivity index (χ4n) is 2.35. The Morgan fingerprint density at radius 1 is 1.08 bits per heavy atom. The lowest BCUT2D eigenvalue weighted by molar-refractivity contribution is -0.253. The number of halogens is 7. The van der Waals surface area contributed by atoms with E-state index in [1.807, 2.05) is 4.90 Å². The highest BCUT2D eigenvalue weighted by Gasteiger charge is 2.43. The van der Waals surface area contributed by atoms with Gasteiger partial charge in [0.05, 0.1) is 6.04 Å². The molecule has 0 radical (unpaired) electrons. The van der Waals surface area contributed by atoms with E-state index in [4.69, 9.17) is 0 Å². The summed E-state index contributed by atoms with van der Waals surface area (Å²) in [6.07, 6.45) is -8.45. The van der Waals surface area contributed by atoms with Crippen LogP contribution in [-0.2, 0) is 0 Å². The molecule has 1 aromatic rings. The highest BCUT2D eigenvalue weighted by molar-refractivity contribution is 5.85. The molecule has 0 spiro atoms. The van der Waals surface area contributed by atoms with Crippen LogP contribution in [0.3, 0.4) is 0 Å². The van der Waals surface area contributed by atoms with E-state index < -0.39 is 25.3 Å². The third kappa shape index (κ3) is 5.91. The second-order valence-corrected chi connectivity index (χ2v) is 4.99. The first-order valence-corrected chi connectivity index (χ1v) is 6.89. The fraction of sp³-hybridized carbons (Fsp3) is 0.571. The first-order valence-electron chi connectivity index (χ1n) is 6.89. The van der Waals surface area contributed by atoms with Crippen LogP contribution in [0.15, 0.2) is 24.3 Å². The van der Waals surface area contributed by atoms with Gasteiger partial charge in [0.25, 0.3) is 0 Å². The number of ether oxygens (including phenoxy) is 1. The maximum atomic E-state index is 13.3. The molecule has 0 aliphatic carbocycles. The van der Waals surface area contributed by atoms with Gasteiger partial charge >= 0.3 is 12.5 Å². The lowest BCUT2D eigenvalue weighted by atomic mass is 10.1. The molecule has 0 unspecified atom stereocenters. The molecule has 140 valence electrons. The molecule has 1 fully saturated rings. The number of benzene rings is 1. The van der Waals surface area contributed by atoms with Gasteiger partial charge in [-0.15, -0.1) is 24.8 Å². The van der Waals surface area contributed by atoms with E-state index in [9.17, 15) is 22.0 Å². The Morgan fingerprint density at radius 2 is 1.62 bits per heavy atom. The summed E-state index contributed by atoms with van der Waals surface area (Å²) in [4.78, 5) is 1.94. The molecule has 3 nitrogen and oxygen atoms in total. The summed E-state index contributed by atoms with van der Waals surface area (Å²) < 4.78 is 67.0. The van der Waals surface area contributed by atoms with Gasteiger partial charge in [0, 0.05) is 26.2 Å². The Labute approximate surface area is 149 Å². The minimum atomic E-state index is -4.54. The van der Waals surface area contributed by atoms with Crippen molar-refractivity contribution in [3.63, 3.8) is 0 Å². The van der Waals surface area contributed by atoms with Crippen LogP contribution >= 0.6 is 24.8 Å². The number of alkyl halides is 5. The lowest BCUT2D eigenvalue weighted by Gasteiger charge is -2.33. The maximum Gasteiger partial charge on any atom is 0.461 e. The summed E-state index contributed by atoms with van der Waals surface area (Å²) >= 11 is 0. The lowest BCUT2D eigenvalue weighted by Crippen LogP contribution is -2.45. The van der Waals surface area contributed by atoms with Crippen LogP contribution in [0.25, 0.3) is 0 Å². The summed E-state index contributed by atoms with van der Waals surface area (Å²) in [6.45, 7) is 2.23. The Kier molecular flexibility index (Phi) is 9.87. The largest absolute Gasteiger partial charge is 0.461 e. The van der Waals surface area contributed by atoms with Crippen molar-refractivity contribution in [3.8, 4) is 5.75 Å². The summed E-state index contributed by atoms with van der Waals surface area (Å²) in [6, 6.07) is 4.66. The summed E-state index contributed by atoms with van der Waals surface area (Å²) in [5.41, 5.74) is 0.595. The van der Waals surface area contributed by atoms with Gasteiger partial charge in [0.1, 0.15) is 12.4 Å². The molecule has 1 heterocycles. The Balaban J connectivity index is 0.00000264. The zero-order valence-electron chi connectivity index (χ0n) is 12.6. The second-order valence-electron chi connectivity index (χ2n) is 4.99. The van der Waals surface area contributed by atoms with Crippen molar-refractivity contribution in [2.24, 2.45) is 0 Å². The highest BCUT2D eigenvalue weighted by Crippen LogP contribution is 2.29. The Morgan fingerprint density at radius 3 is 2.08 bits per heavy atom. The standard InChI is InChI=1S/C14H17F5N2O.2ClH/c15-9-12(21-7-5-20-6-8-21)10-1-3-11(4-2-10)22-14(18,19)13(16)17;;/h1-4,12-13,20H,5-9H2;2*1H/t12-;;/m1../s1. The summed E-state index contributed by atoms with van der Waals surface area (Å²) in [5.74, 6) is -0.382. The summed E-state index contributed by atoms with van der Waals surface area (Å²) in [5, 5.41) is 3.15. The zero-order valence-corrected chi connectivity index (χ0v) is 14.2. The number of rotatable bonds is 6. The van der Waals surface area contributed by atoms with E-state index in [0.29, 0.717) is 18.7 Å². The molecule has 0 amide bonds. The van der Waals surface area contributed by atoms with Crippen LogP contribution in [0.1, 0.15) is 11.6 Å². The molecule has 1 N–H and O–H groups in total. The Hall–Kier alpha value is -0.830. The average molecular weight is 397 g/mol. The normalized spacial score (nSPS) is 16.9. The highest BCUT2D eigenvalue weighted by atomic mass is 35.5. The monoisotopic (exact) mass is 396 g/mol. The van der Waals surface area contributed by atoms with Crippen LogP contribution in [0.5, 0.6) is 5.75 Å². The zero-order chi connectivity index (χ0) is 16.2. The third-order valence-corrected chi connectivity index (χ3v) is 3.51. The van der Waals surface area contributed by atoms with Crippen LogP contribution in [0.2, 0.25) is 0 Å². The predicted molar refractivity (Wildman–Crippen MR) is 85.7 cm³/mol. The van der Waals surface area contributed by atoms with Crippen LogP contribution in [0, 0.1) is 0 Å². The van der Waals surface area contributed by atoms with Crippen molar-refractivity contribution < 1.29 is 26.7 Å². The van der Waals surface area contributed by atoms with E-state index in [1.165, 1.54) is 12.1 Å². The average Bonchev–Trinajstić information content (AvgIpc) is 2.50. The number of nitrogens with one attached hydrogen (secondary N) is 1. The van der Waals surface area contributed by atoms with Gasteiger partial charge in [-0.1, -0.05) is 12.1 Å². The minimum Gasteiger partial charge on any atom is -0.428 e. The summed E-state index contributed by atoms with van der Waals surface area (Å²) in [7, 11) is 0. The molecular formula is C14H19Cl2F5N2O. The van der Waals surface area contributed by atoms with Gasteiger partial charge in [0.2, 0.25) is 0 Å². The molecular weight excluding hydrogens is 378 g/mol. The fourth-order valence-corrected chi connectivity index (χ4v) is 2.35. The predicted octanol–water partition coefficient (Wildman–Crippen LogP) is 3.68. The molecule has 1 aliphatic rings. The maximum absolute atomic E-state index is 13.3. The minimum absolute atomic E-state index is 0. The van der Waals surface area contributed by atoms with E-state index in [1.54, 1.807) is 0 Å². The second kappa shape index (κ2) is 10.2. The molecule has 10 heteroatoms. The van der Waals surface area contributed by atoms with Crippen molar-refractivity contribution >= 4 is 24.8 Å². The molecule has 24 heavy (non-hydrogen) atoms. The smallest absolute Gasteiger partial charge is 0.428 e.